The third-order valence-electron chi connectivity index (χ3n) is 3.15. The summed E-state index contributed by atoms with van der Waals surface area (Å²) in [5.74, 6) is -0.0188. The third-order valence-corrected chi connectivity index (χ3v) is 4.03. The summed E-state index contributed by atoms with van der Waals surface area (Å²) in [4.78, 5) is 13.2. The van der Waals surface area contributed by atoms with E-state index in [2.05, 4.69) is 10.4 Å². The third kappa shape index (κ3) is 3.03. The molecule has 21 heavy (non-hydrogen) atoms. The Balaban J connectivity index is 1.83. The van der Waals surface area contributed by atoms with Gasteiger partial charge in [0.25, 0.3) is 0 Å². The number of para-hydroxylation sites is 2. The minimum atomic E-state index is -0.0188. The Morgan fingerprint density at radius 2 is 2.10 bits per heavy atom. The molecule has 0 atom stereocenters. The van der Waals surface area contributed by atoms with Crippen molar-refractivity contribution in [2.24, 2.45) is 0 Å². The molecule has 3 aromatic rings. The number of aromatic nitrogens is 2. The lowest BCUT2D eigenvalue weighted by atomic mass is 10.2. The topological polar surface area (TPSA) is 46.9 Å². The molecule has 0 saturated heterocycles. The van der Waals surface area contributed by atoms with Gasteiger partial charge < -0.3 is 5.32 Å². The van der Waals surface area contributed by atoms with Crippen molar-refractivity contribution in [1.29, 1.82) is 0 Å². The van der Waals surface area contributed by atoms with Crippen LogP contribution in [0.5, 0.6) is 0 Å². The molecule has 2 aromatic heterocycles. The summed E-state index contributed by atoms with van der Waals surface area (Å²) in [5, 5.41) is 9.24. The van der Waals surface area contributed by atoms with E-state index in [0.717, 1.165) is 21.9 Å². The molecule has 1 amide bonds. The molecule has 0 fully saturated rings. The van der Waals surface area contributed by atoms with E-state index < -0.39 is 0 Å². The van der Waals surface area contributed by atoms with E-state index in [-0.39, 0.29) is 5.91 Å². The quantitative estimate of drug-likeness (QED) is 0.802. The lowest BCUT2D eigenvalue weighted by Crippen LogP contribution is -2.15. The second-order valence-corrected chi connectivity index (χ2v) is 5.74. The van der Waals surface area contributed by atoms with Gasteiger partial charge in [-0.3, -0.25) is 4.79 Å². The Labute approximate surface area is 127 Å². The molecule has 1 N–H and O–H groups in total. The first-order valence-corrected chi connectivity index (χ1v) is 7.54. The highest BCUT2D eigenvalue weighted by Gasteiger charge is 2.10. The summed E-state index contributed by atoms with van der Waals surface area (Å²) >= 11 is 1.59. The van der Waals surface area contributed by atoms with Gasteiger partial charge in [-0.2, -0.15) is 5.10 Å². The number of nitrogens with one attached hydrogen (secondary N) is 1. The zero-order valence-corrected chi connectivity index (χ0v) is 12.4. The first-order chi connectivity index (χ1) is 10.2. The molecule has 0 bridgehead atoms. The van der Waals surface area contributed by atoms with Crippen molar-refractivity contribution >= 4 is 22.9 Å². The van der Waals surface area contributed by atoms with Gasteiger partial charge in [0.1, 0.15) is 0 Å². The minimum absolute atomic E-state index is 0.0188. The Morgan fingerprint density at radius 3 is 2.81 bits per heavy atom. The number of aryl methyl sites for hydroxylation is 1. The number of rotatable bonds is 4. The van der Waals surface area contributed by atoms with Crippen molar-refractivity contribution in [1.82, 2.24) is 9.78 Å². The zero-order valence-electron chi connectivity index (χ0n) is 11.6. The molecule has 0 unspecified atom stereocenters. The van der Waals surface area contributed by atoms with E-state index in [1.165, 1.54) is 0 Å². The first-order valence-electron chi connectivity index (χ1n) is 6.66. The van der Waals surface area contributed by atoms with Gasteiger partial charge in [-0.25, -0.2) is 4.68 Å². The Hall–Kier alpha value is -2.40. The number of hydrogen-bond donors (Lipinski definition) is 1. The van der Waals surface area contributed by atoms with Crippen molar-refractivity contribution < 1.29 is 4.79 Å². The molecule has 4 nitrogen and oxygen atoms in total. The fourth-order valence-corrected chi connectivity index (χ4v) is 2.86. The molecule has 0 radical (unpaired) electrons. The van der Waals surface area contributed by atoms with Crippen molar-refractivity contribution in [2.45, 2.75) is 13.3 Å². The molecule has 2 heterocycles. The van der Waals surface area contributed by atoms with Gasteiger partial charge in [0.2, 0.25) is 5.91 Å². The number of benzene rings is 1. The second-order valence-electron chi connectivity index (χ2n) is 4.71. The van der Waals surface area contributed by atoms with E-state index in [4.69, 9.17) is 0 Å². The molecule has 5 heteroatoms. The highest BCUT2D eigenvalue weighted by atomic mass is 32.1. The summed E-state index contributed by atoms with van der Waals surface area (Å²) < 4.78 is 1.82. The number of carbonyl (C=O) groups is 1. The SMILES string of the molecule is Cc1ccnn1-c1ccccc1NC(=O)Cc1cccs1. The lowest BCUT2D eigenvalue weighted by Gasteiger charge is -2.12. The maximum absolute atomic E-state index is 12.2. The van der Waals surface area contributed by atoms with E-state index in [1.807, 2.05) is 59.5 Å². The van der Waals surface area contributed by atoms with Crippen LogP contribution in [-0.4, -0.2) is 15.7 Å². The molecule has 3 rings (SSSR count). The van der Waals surface area contributed by atoms with Gasteiger partial charge in [0.15, 0.2) is 0 Å². The van der Waals surface area contributed by atoms with Crippen molar-refractivity contribution in [3.8, 4) is 5.69 Å². The van der Waals surface area contributed by atoms with Gasteiger partial charge in [-0.1, -0.05) is 18.2 Å². The van der Waals surface area contributed by atoms with Crippen LogP contribution >= 0.6 is 11.3 Å². The van der Waals surface area contributed by atoms with Crippen LogP contribution in [0.1, 0.15) is 10.6 Å². The smallest absolute Gasteiger partial charge is 0.229 e. The fourth-order valence-electron chi connectivity index (χ4n) is 2.15. The molecule has 0 aliphatic carbocycles. The van der Waals surface area contributed by atoms with Crippen LogP contribution in [-0.2, 0) is 11.2 Å². The van der Waals surface area contributed by atoms with Crippen LogP contribution < -0.4 is 5.32 Å². The summed E-state index contributed by atoms with van der Waals surface area (Å²) in [6.45, 7) is 1.98. The van der Waals surface area contributed by atoms with Gasteiger partial charge >= 0.3 is 0 Å². The molecule has 0 aliphatic rings. The number of carbonyl (C=O) groups excluding carboxylic acids is 1. The summed E-state index contributed by atoms with van der Waals surface area (Å²) in [7, 11) is 0. The standard InChI is InChI=1S/C16H15N3OS/c1-12-8-9-17-19(12)15-7-3-2-6-14(15)18-16(20)11-13-5-4-10-21-13/h2-10H,11H2,1H3,(H,18,20). The average Bonchev–Trinajstić information content (AvgIpc) is 3.11. The molecule has 0 spiro atoms. The van der Waals surface area contributed by atoms with Crippen LogP contribution in [0.4, 0.5) is 5.69 Å². The van der Waals surface area contributed by atoms with E-state index in [9.17, 15) is 4.79 Å². The summed E-state index contributed by atoms with van der Waals surface area (Å²) in [6, 6.07) is 13.5. The second kappa shape index (κ2) is 5.93. The van der Waals surface area contributed by atoms with Crippen LogP contribution in [0.2, 0.25) is 0 Å². The summed E-state index contributed by atoms with van der Waals surface area (Å²) in [5.41, 5.74) is 2.67. The van der Waals surface area contributed by atoms with Crippen molar-refractivity contribution in [2.75, 3.05) is 5.32 Å². The van der Waals surface area contributed by atoms with Gasteiger partial charge in [0, 0.05) is 16.8 Å². The van der Waals surface area contributed by atoms with Crippen LogP contribution in [0.25, 0.3) is 5.69 Å². The van der Waals surface area contributed by atoms with E-state index >= 15 is 0 Å². The lowest BCUT2D eigenvalue weighted by molar-refractivity contribution is -0.115. The number of amides is 1. The van der Waals surface area contributed by atoms with E-state index in [1.54, 1.807) is 17.5 Å². The predicted molar refractivity (Wildman–Crippen MR) is 85.0 cm³/mol. The molecule has 0 saturated carbocycles. The number of thiophene rings is 1. The molecular weight excluding hydrogens is 282 g/mol. The Bertz CT molecular complexity index is 746. The maximum atomic E-state index is 12.2. The monoisotopic (exact) mass is 297 g/mol. The normalized spacial score (nSPS) is 10.5. The molecule has 1 aromatic carbocycles. The Kier molecular flexibility index (Phi) is 3.83. The average molecular weight is 297 g/mol. The molecule has 0 aliphatic heterocycles. The predicted octanol–water partition coefficient (Wildman–Crippen LogP) is 3.42. The van der Waals surface area contributed by atoms with Gasteiger partial charge in [-0.05, 0) is 36.6 Å². The molecular formula is C16H15N3OS. The van der Waals surface area contributed by atoms with Crippen LogP contribution in [0, 0.1) is 6.92 Å². The largest absolute Gasteiger partial charge is 0.324 e. The minimum Gasteiger partial charge on any atom is -0.324 e. The van der Waals surface area contributed by atoms with Crippen LogP contribution in [0.3, 0.4) is 0 Å². The maximum Gasteiger partial charge on any atom is 0.229 e. The highest BCUT2D eigenvalue weighted by Crippen LogP contribution is 2.21. The number of hydrogen-bond acceptors (Lipinski definition) is 3. The fraction of sp³-hybridized carbons (Fsp3) is 0.125. The zero-order chi connectivity index (χ0) is 14.7. The highest BCUT2D eigenvalue weighted by molar-refractivity contribution is 7.10. The van der Waals surface area contributed by atoms with Crippen LogP contribution in [0.15, 0.2) is 54.0 Å². The van der Waals surface area contributed by atoms with E-state index in [0.29, 0.717) is 6.42 Å². The Morgan fingerprint density at radius 1 is 1.24 bits per heavy atom. The van der Waals surface area contributed by atoms with Gasteiger partial charge in [0.05, 0.1) is 17.8 Å². The van der Waals surface area contributed by atoms with Crippen molar-refractivity contribution in [3.05, 3.63) is 64.6 Å². The first kappa shape index (κ1) is 13.6. The number of nitrogens with zero attached hydrogens (tertiary/aromatic N) is 2. The summed E-state index contributed by atoms with van der Waals surface area (Å²) in [6.07, 6.45) is 2.14. The van der Waals surface area contributed by atoms with Gasteiger partial charge in [-0.15, -0.1) is 11.3 Å². The van der Waals surface area contributed by atoms with Crippen molar-refractivity contribution in [3.63, 3.8) is 0 Å². The number of anilines is 1. The molecule has 106 valence electrons.